The number of aromatic nitrogens is 3. The number of rotatable bonds is 6. The maximum Gasteiger partial charge on any atom is 0.199 e. The van der Waals surface area contributed by atoms with Crippen molar-refractivity contribution < 1.29 is 5.11 Å². The molecule has 1 aromatic heterocycles. The Morgan fingerprint density at radius 2 is 1.65 bits per heavy atom. The Morgan fingerprint density at radius 1 is 1.13 bits per heavy atom. The van der Waals surface area contributed by atoms with E-state index in [2.05, 4.69) is 51.5 Å². The van der Waals surface area contributed by atoms with E-state index >= 15 is 0 Å². The minimum atomic E-state index is -0.0499. The van der Waals surface area contributed by atoms with Gasteiger partial charge in [0.25, 0.3) is 0 Å². The maximum atomic E-state index is 9.58. The van der Waals surface area contributed by atoms with Crippen molar-refractivity contribution in [1.82, 2.24) is 19.2 Å². The maximum absolute atomic E-state index is 9.58. The lowest BCUT2D eigenvalue weighted by molar-refractivity contribution is 0.103. The van der Waals surface area contributed by atoms with Crippen LogP contribution in [0.1, 0.15) is 66.3 Å². The Labute approximate surface area is 145 Å². The molecule has 0 atom stereocenters. The van der Waals surface area contributed by atoms with Gasteiger partial charge in [0.1, 0.15) is 6.61 Å². The van der Waals surface area contributed by atoms with Gasteiger partial charge in [-0.05, 0) is 35.9 Å². The monoisotopic (exact) mass is 340 g/mol. The zero-order valence-corrected chi connectivity index (χ0v) is 16.3. The summed E-state index contributed by atoms with van der Waals surface area (Å²) < 4.78 is 4.67. The minimum Gasteiger partial charge on any atom is -0.388 e. The summed E-state index contributed by atoms with van der Waals surface area (Å²) >= 11 is 5.62. The molecular formula is C17H32N4OS. The van der Waals surface area contributed by atoms with Crippen LogP contribution in [0.25, 0.3) is 0 Å². The molecule has 0 aromatic carbocycles. The van der Waals surface area contributed by atoms with Crippen LogP contribution in [0, 0.1) is 15.6 Å². The van der Waals surface area contributed by atoms with E-state index in [1.165, 1.54) is 0 Å². The Balaban J connectivity index is 2.23. The van der Waals surface area contributed by atoms with Crippen LogP contribution in [-0.4, -0.2) is 37.4 Å². The van der Waals surface area contributed by atoms with Crippen molar-refractivity contribution in [2.45, 2.75) is 73.7 Å². The van der Waals surface area contributed by atoms with Crippen LogP contribution >= 0.6 is 12.2 Å². The van der Waals surface area contributed by atoms with Crippen molar-refractivity contribution in [3.05, 3.63) is 10.6 Å². The topological polar surface area (TPSA) is 46.2 Å². The van der Waals surface area contributed by atoms with Gasteiger partial charge < -0.3 is 5.11 Å². The zero-order chi connectivity index (χ0) is 17.4. The lowest BCUT2D eigenvalue weighted by Gasteiger charge is -2.34. The van der Waals surface area contributed by atoms with E-state index in [0.717, 1.165) is 30.7 Å². The molecule has 0 aliphatic heterocycles. The van der Waals surface area contributed by atoms with Gasteiger partial charge in [0.15, 0.2) is 10.6 Å². The molecular weight excluding hydrogens is 308 g/mol. The highest BCUT2D eigenvalue weighted by Crippen LogP contribution is 2.36. The molecule has 0 bridgehead atoms. The van der Waals surface area contributed by atoms with Crippen molar-refractivity contribution in [1.29, 1.82) is 0 Å². The highest BCUT2D eigenvalue weighted by Gasteiger charge is 2.29. The van der Waals surface area contributed by atoms with E-state index in [1.807, 2.05) is 9.25 Å². The largest absolute Gasteiger partial charge is 0.388 e. The van der Waals surface area contributed by atoms with Crippen LogP contribution in [-0.2, 0) is 13.3 Å². The first kappa shape index (κ1) is 18.6. The first-order chi connectivity index (χ1) is 10.5. The molecule has 132 valence electrons. The number of aliphatic hydroxyl groups is 1. The molecule has 0 unspecified atom stereocenters. The molecule has 0 spiro atoms. The molecule has 1 aliphatic rings. The standard InChI is InChI=1S/C17H32N4OS/c1-16(2,3)10-19(11-17(4,5)6)12-20-15(23)21(13-7-8-13)14(9-22)18-20/h13,22H,7-12H2,1-6H3. The molecule has 1 N–H and O–H groups in total. The molecule has 1 aromatic rings. The summed E-state index contributed by atoms with van der Waals surface area (Å²) in [6.45, 7) is 16.1. The molecule has 2 rings (SSSR count). The number of aliphatic hydroxyl groups excluding tert-OH is 1. The average molecular weight is 341 g/mol. The molecule has 0 amide bonds. The Bertz CT molecular complexity index is 571. The fourth-order valence-electron chi connectivity index (χ4n) is 3.05. The van der Waals surface area contributed by atoms with Gasteiger partial charge in [0.05, 0.1) is 6.67 Å². The molecule has 23 heavy (non-hydrogen) atoms. The first-order valence-corrected chi connectivity index (χ1v) is 8.92. The number of nitrogens with zero attached hydrogens (tertiary/aromatic N) is 4. The van der Waals surface area contributed by atoms with Gasteiger partial charge in [-0.1, -0.05) is 41.5 Å². The Morgan fingerprint density at radius 3 is 2.04 bits per heavy atom. The van der Waals surface area contributed by atoms with Crippen molar-refractivity contribution in [3.8, 4) is 0 Å². The van der Waals surface area contributed by atoms with Crippen LogP contribution in [0.4, 0.5) is 0 Å². The van der Waals surface area contributed by atoms with Gasteiger partial charge in [-0.2, -0.15) is 5.10 Å². The van der Waals surface area contributed by atoms with Gasteiger partial charge in [-0.15, -0.1) is 0 Å². The summed E-state index contributed by atoms with van der Waals surface area (Å²) in [5.41, 5.74) is 0.429. The van der Waals surface area contributed by atoms with E-state index in [-0.39, 0.29) is 17.4 Å². The van der Waals surface area contributed by atoms with E-state index in [9.17, 15) is 5.11 Å². The summed E-state index contributed by atoms with van der Waals surface area (Å²) in [6, 6.07) is 0.442. The summed E-state index contributed by atoms with van der Waals surface area (Å²) in [6.07, 6.45) is 2.28. The quantitative estimate of drug-likeness (QED) is 0.804. The van der Waals surface area contributed by atoms with Crippen molar-refractivity contribution in [2.75, 3.05) is 13.1 Å². The summed E-state index contributed by atoms with van der Waals surface area (Å²) in [4.78, 5) is 2.42. The van der Waals surface area contributed by atoms with E-state index < -0.39 is 0 Å². The van der Waals surface area contributed by atoms with Crippen LogP contribution in [0.15, 0.2) is 0 Å². The molecule has 1 heterocycles. The number of hydrogen-bond acceptors (Lipinski definition) is 4. The molecule has 1 saturated carbocycles. The summed E-state index contributed by atoms with van der Waals surface area (Å²) in [5, 5.41) is 14.2. The predicted molar refractivity (Wildman–Crippen MR) is 95.7 cm³/mol. The third kappa shape index (κ3) is 5.40. The second-order valence-corrected chi connectivity index (χ2v) is 9.57. The van der Waals surface area contributed by atoms with Gasteiger partial charge in [0.2, 0.25) is 0 Å². The van der Waals surface area contributed by atoms with Gasteiger partial charge in [-0.25, -0.2) is 4.68 Å². The lowest BCUT2D eigenvalue weighted by Crippen LogP contribution is -2.39. The first-order valence-electron chi connectivity index (χ1n) is 8.52. The van der Waals surface area contributed by atoms with Crippen LogP contribution in [0.3, 0.4) is 0 Å². The second kappa shape index (κ2) is 6.65. The van der Waals surface area contributed by atoms with Crippen LogP contribution in [0.2, 0.25) is 0 Å². The molecule has 0 saturated heterocycles. The van der Waals surface area contributed by atoms with E-state index in [4.69, 9.17) is 12.2 Å². The normalized spacial score (nSPS) is 16.3. The summed E-state index contributed by atoms with van der Waals surface area (Å²) in [5.74, 6) is 0.698. The highest BCUT2D eigenvalue weighted by atomic mass is 32.1. The second-order valence-electron chi connectivity index (χ2n) is 9.21. The average Bonchev–Trinajstić information content (AvgIpc) is 3.12. The smallest absolute Gasteiger partial charge is 0.199 e. The third-order valence-electron chi connectivity index (χ3n) is 3.72. The van der Waals surface area contributed by atoms with E-state index in [1.54, 1.807) is 0 Å². The van der Waals surface area contributed by atoms with Crippen LogP contribution < -0.4 is 0 Å². The third-order valence-corrected chi connectivity index (χ3v) is 4.13. The van der Waals surface area contributed by atoms with Gasteiger partial charge >= 0.3 is 0 Å². The molecule has 0 radical (unpaired) electrons. The predicted octanol–water partition coefficient (Wildman–Crippen LogP) is 3.59. The molecule has 5 nitrogen and oxygen atoms in total. The lowest BCUT2D eigenvalue weighted by atomic mass is 9.92. The minimum absolute atomic E-state index is 0.0499. The molecule has 6 heteroatoms. The Hall–Kier alpha value is -0.720. The highest BCUT2D eigenvalue weighted by molar-refractivity contribution is 7.71. The van der Waals surface area contributed by atoms with Gasteiger partial charge in [0, 0.05) is 19.1 Å². The fraction of sp³-hybridized carbons (Fsp3) is 0.882. The van der Waals surface area contributed by atoms with Gasteiger partial charge in [-0.3, -0.25) is 9.47 Å². The van der Waals surface area contributed by atoms with Crippen molar-refractivity contribution in [3.63, 3.8) is 0 Å². The zero-order valence-electron chi connectivity index (χ0n) is 15.5. The summed E-state index contributed by atoms with van der Waals surface area (Å²) in [7, 11) is 0. The fourth-order valence-corrected chi connectivity index (χ4v) is 3.40. The number of hydrogen-bond donors (Lipinski definition) is 1. The van der Waals surface area contributed by atoms with Crippen molar-refractivity contribution in [2.24, 2.45) is 10.8 Å². The van der Waals surface area contributed by atoms with E-state index in [0.29, 0.717) is 18.5 Å². The van der Waals surface area contributed by atoms with Crippen LogP contribution in [0.5, 0.6) is 0 Å². The molecule has 1 fully saturated rings. The molecule has 1 aliphatic carbocycles. The SMILES string of the molecule is CC(C)(C)CN(Cn1nc(CO)n(C2CC2)c1=S)CC(C)(C)C. The van der Waals surface area contributed by atoms with Crippen molar-refractivity contribution >= 4 is 12.2 Å². The Kier molecular flexibility index (Phi) is 5.38.